The molecule has 2 aromatic rings. The van der Waals surface area contributed by atoms with Gasteiger partial charge in [-0.2, -0.15) is 0 Å². The lowest BCUT2D eigenvalue weighted by atomic mass is 9.58. The first kappa shape index (κ1) is 18.2. The largest absolute Gasteiger partial charge is 0.496 e. The molecule has 0 fully saturated rings. The summed E-state index contributed by atoms with van der Waals surface area (Å²) < 4.78 is 16.8. The second kappa shape index (κ2) is 6.32. The summed E-state index contributed by atoms with van der Waals surface area (Å²) >= 11 is 3.29. The maximum Gasteiger partial charge on any atom is 0.226 e. The summed E-state index contributed by atoms with van der Waals surface area (Å²) in [7, 11) is 4.62. The molecule has 2 aromatic carbocycles. The summed E-state index contributed by atoms with van der Waals surface area (Å²) in [6.07, 6.45) is 0. The third kappa shape index (κ3) is 2.15. The van der Waals surface area contributed by atoms with Crippen LogP contribution in [0.15, 0.2) is 57.8 Å². The number of carbonyl (C=O) groups is 2. The molecule has 0 N–H and O–H groups in total. The lowest BCUT2D eigenvalue weighted by Crippen LogP contribution is -2.38. The molecule has 0 saturated carbocycles. The van der Waals surface area contributed by atoms with Crippen molar-refractivity contribution >= 4 is 27.5 Å². The molecule has 146 valence electrons. The number of allylic oxidation sites excluding steroid dienone is 3. The Morgan fingerprint density at radius 1 is 0.724 bits per heavy atom. The van der Waals surface area contributed by atoms with Crippen LogP contribution >= 0.6 is 15.9 Å². The van der Waals surface area contributed by atoms with Crippen molar-refractivity contribution in [2.75, 3.05) is 21.3 Å². The molecule has 2 bridgehead atoms. The Hall–Kier alpha value is -2.86. The van der Waals surface area contributed by atoms with Crippen LogP contribution in [0.3, 0.4) is 0 Å². The van der Waals surface area contributed by atoms with Crippen molar-refractivity contribution in [1.82, 2.24) is 0 Å². The van der Waals surface area contributed by atoms with Crippen LogP contribution in [0.25, 0.3) is 0 Å². The number of benzene rings is 2. The number of methoxy groups -OCH3 is 3. The van der Waals surface area contributed by atoms with Crippen LogP contribution in [0.4, 0.5) is 0 Å². The summed E-state index contributed by atoms with van der Waals surface area (Å²) in [5.41, 5.74) is 4.74. The van der Waals surface area contributed by atoms with Gasteiger partial charge in [0, 0.05) is 34.1 Å². The lowest BCUT2D eigenvalue weighted by molar-refractivity contribution is -0.118. The molecule has 0 amide bonds. The zero-order valence-corrected chi connectivity index (χ0v) is 17.6. The summed E-state index contributed by atoms with van der Waals surface area (Å²) in [4.78, 5) is 26.8. The van der Waals surface area contributed by atoms with Crippen LogP contribution in [0.5, 0.6) is 11.5 Å². The Bertz CT molecular complexity index is 1170. The van der Waals surface area contributed by atoms with Gasteiger partial charge in [0.1, 0.15) is 16.0 Å². The highest BCUT2D eigenvalue weighted by atomic mass is 79.9. The molecule has 0 spiro atoms. The summed E-state index contributed by atoms with van der Waals surface area (Å²) in [5, 5.41) is 0. The van der Waals surface area contributed by atoms with Crippen molar-refractivity contribution in [3.63, 3.8) is 0 Å². The van der Waals surface area contributed by atoms with E-state index in [1.807, 2.05) is 36.4 Å². The van der Waals surface area contributed by atoms with E-state index in [-0.39, 0.29) is 21.8 Å². The summed E-state index contributed by atoms with van der Waals surface area (Å²) in [6.45, 7) is 0. The van der Waals surface area contributed by atoms with E-state index in [2.05, 4.69) is 15.9 Å². The number of hydrogen-bond donors (Lipinski definition) is 0. The molecule has 6 heteroatoms. The Morgan fingerprint density at radius 3 is 1.66 bits per heavy atom. The van der Waals surface area contributed by atoms with E-state index < -0.39 is 11.8 Å². The first-order chi connectivity index (χ1) is 14.0. The molecule has 0 saturated heterocycles. The predicted molar refractivity (Wildman–Crippen MR) is 110 cm³/mol. The SMILES string of the molecule is COC1=C(Br)C(=O)C2=C(C1=O)[C@@H]1c3ccccc3[C@H]2c2c(OC)ccc(OC)c21. The molecule has 0 aliphatic heterocycles. The van der Waals surface area contributed by atoms with Crippen molar-refractivity contribution in [1.29, 1.82) is 0 Å². The molecule has 0 radical (unpaired) electrons. The first-order valence-corrected chi connectivity index (χ1v) is 9.95. The van der Waals surface area contributed by atoms with Crippen molar-refractivity contribution in [3.8, 4) is 11.5 Å². The van der Waals surface area contributed by atoms with Crippen LogP contribution in [0, 0.1) is 0 Å². The van der Waals surface area contributed by atoms with Gasteiger partial charge in [0.2, 0.25) is 11.6 Å². The third-order valence-electron chi connectivity index (χ3n) is 6.01. The molecule has 6 rings (SSSR count). The predicted octanol–water partition coefficient (Wildman–Crippen LogP) is 4.00. The Balaban J connectivity index is 1.90. The van der Waals surface area contributed by atoms with Gasteiger partial charge in [0.05, 0.1) is 21.3 Å². The second-order valence-electron chi connectivity index (χ2n) is 7.13. The van der Waals surface area contributed by atoms with E-state index in [0.717, 1.165) is 22.3 Å². The van der Waals surface area contributed by atoms with Crippen molar-refractivity contribution in [2.45, 2.75) is 11.8 Å². The minimum atomic E-state index is -0.423. The Labute approximate surface area is 176 Å². The highest BCUT2D eigenvalue weighted by Gasteiger charge is 2.53. The van der Waals surface area contributed by atoms with Gasteiger partial charge in [0.25, 0.3) is 0 Å². The number of hydrogen-bond acceptors (Lipinski definition) is 5. The molecule has 5 nitrogen and oxygen atoms in total. The first-order valence-electron chi connectivity index (χ1n) is 9.15. The number of ketones is 2. The topological polar surface area (TPSA) is 61.8 Å². The highest BCUT2D eigenvalue weighted by molar-refractivity contribution is 9.12. The van der Waals surface area contributed by atoms with E-state index in [1.165, 1.54) is 7.11 Å². The average molecular weight is 453 g/mol. The van der Waals surface area contributed by atoms with E-state index in [0.29, 0.717) is 22.6 Å². The normalized spacial score (nSPS) is 21.7. The van der Waals surface area contributed by atoms with Gasteiger partial charge in [-0.25, -0.2) is 0 Å². The van der Waals surface area contributed by atoms with Crippen molar-refractivity contribution in [3.05, 3.63) is 80.0 Å². The number of rotatable bonds is 3. The van der Waals surface area contributed by atoms with Gasteiger partial charge < -0.3 is 14.2 Å². The number of Topliss-reactive ketones (excluding diaryl/α,β-unsaturated/α-hetero) is 2. The summed E-state index contributed by atoms with van der Waals surface area (Å²) in [5.74, 6) is 0.0641. The smallest absolute Gasteiger partial charge is 0.226 e. The molecule has 0 aromatic heterocycles. The maximum atomic E-state index is 13.4. The lowest BCUT2D eigenvalue weighted by Gasteiger charge is -2.44. The summed E-state index contributed by atoms with van der Waals surface area (Å²) in [6, 6.07) is 11.6. The van der Waals surface area contributed by atoms with Crippen molar-refractivity contribution < 1.29 is 23.8 Å². The third-order valence-corrected chi connectivity index (χ3v) is 6.73. The van der Waals surface area contributed by atoms with Gasteiger partial charge in [-0.1, -0.05) is 24.3 Å². The maximum absolute atomic E-state index is 13.4. The minimum absolute atomic E-state index is 0.0437. The monoisotopic (exact) mass is 452 g/mol. The molecule has 4 aliphatic carbocycles. The molecule has 0 unspecified atom stereocenters. The van der Waals surface area contributed by atoms with Crippen LogP contribution in [0.2, 0.25) is 0 Å². The standard InChI is InChI=1S/C23H17BrO5/c1-27-12-8-9-13(28-2)17-15-11-7-5-4-6-10(11)14(16(12)17)18-19(15)22(26)23(29-3)20(24)21(18)25/h4-9,14-15H,1-3H3/t14-,15+/m0/s1. The molecule has 0 heterocycles. The van der Waals surface area contributed by atoms with Gasteiger partial charge in [0.15, 0.2) is 5.76 Å². The molecular formula is C23H17BrO5. The molecule has 4 aliphatic rings. The van der Waals surface area contributed by atoms with E-state index in [9.17, 15) is 9.59 Å². The van der Waals surface area contributed by atoms with Crippen LogP contribution < -0.4 is 9.47 Å². The van der Waals surface area contributed by atoms with Gasteiger partial charge in [-0.3, -0.25) is 9.59 Å². The van der Waals surface area contributed by atoms with E-state index in [1.54, 1.807) is 14.2 Å². The quantitative estimate of drug-likeness (QED) is 0.658. The number of halogens is 1. The van der Waals surface area contributed by atoms with Crippen LogP contribution in [0.1, 0.15) is 34.1 Å². The van der Waals surface area contributed by atoms with Gasteiger partial charge >= 0.3 is 0 Å². The van der Waals surface area contributed by atoms with E-state index in [4.69, 9.17) is 14.2 Å². The fourth-order valence-corrected chi connectivity index (χ4v) is 5.49. The zero-order chi connectivity index (χ0) is 20.4. The molecule has 29 heavy (non-hydrogen) atoms. The highest BCUT2D eigenvalue weighted by Crippen LogP contribution is 2.61. The molecular weight excluding hydrogens is 436 g/mol. The molecule has 2 atom stereocenters. The van der Waals surface area contributed by atoms with Crippen LogP contribution in [-0.2, 0) is 14.3 Å². The zero-order valence-electron chi connectivity index (χ0n) is 16.0. The van der Waals surface area contributed by atoms with Crippen molar-refractivity contribution in [2.24, 2.45) is 0 Å². The Kier molecular flexibility index (Phi) is 3.96. The van der Waals surface area contributed by atoms with Gasteiger partial charge in [-0.15, -0.1) is 0 Å². The fourth-order valence-electron chi connectivity index (χ4n) is 4.94. The number of carbonyl (C=O) groups excluding carboxylic acids is 2. The second-order valence-corrected chi connectivity index (χ2v) is 7.92. The fraction of sp³-hybridized carbons (Fsp3) is 0.217. The van der Waals surface area contributed by atoms with Gasteiger partial charge in [-0.05, 0) is 39.2 Å². The average Bonchev–Trinajstić information content (AvgIpc) is 2.76. The number of ether oxygens (including phenoxy) is 3. The van der Waals surface area contributed by atoms with Crippen LogP contribution in [-0.4, -0.2) is 32.9 Å². The Morgan fingerprint density at radius 2 is 1.21 bits per heavy atom. The minimum Gasteiger partial charge on any atom is -0.496 e. The van der Waals surface area contributed by atoms with E-state index >= 15 is 0 Å².